The van der Waals surface area contributed by atoms with Crippen molar-refractivity contribution in [1.29, 1.82) is 0 Å². The molecule has 8 heteroatoms. The van der Waals surface area contributed by atoms with Crippen LogP contribution in [0.3, 0.4) is 0 Å². The monoisotopic (exact) mass is 491 g/mol. The zero-order valence-corrected chi connectivity index (χ0v) is 20.5. The molecular weight excluding hydrogens is 461 g/mol. The van der Waals surface area contributed by atoms with Gasteiger partial charge in [0, 0.05) is 29.9 Å². The van der Waals surface area contributed by atoms with E-state index in [1.54, 1.807) is 42.5 Å². The molecule has 2 amide bonds. The molecule has 0 aliphatic carbocycles. The maximum absolute atomic E-state index is 13.6. The van der Waals surface area contributed by atoms with Gasteiger partial charge < -0.3 is 25.0 Å². The highest BCUT2D eigenvalue weighted by Crippen LogP contribution is 2.37. The highest BCUT2D eigenvalue weighted by atomic mass is 19.1. The van der Waals surface area contributed by atoms with Crippen molar-refractivity contribution in [1.82, 2.24) is 0 Å². The number of halogens is 1. The van der Waals surface area contributed by atoms with Crippen molar-refractivity contribution >= 4 is 28.9 Å². The Hall–Kier alpha value is -4.07. The minimum atomic E-state index is -0.281. The molecule has 1 heterocycles. The maximum atomic E-state index is 13.6. The second-order valence-corrected chi connectivity index (χ2v) is 8.38. The summed E-state index contributed by atoms with van der Waals surface area (Å²) in [5.41, 5.74) is 3.17. The normalized spacial score (nSPS) is 12.5. The molecular formula is C28H30FN3O4. The van der Waals surface area contributed by atoms with E-state index in [1.165, 1.54) is 12.1 Å². The number of ether oxygens (including phenoxy) is 2. The molecule has 3 aromatic carbocycles. The molecule has 0 saturated heterocycles. The first kappa shape index (κ1) is 25.0. The van der Waals surface area contributed by atoms with Crippen molar-refractivity contribution in [3.05, 3.63) is 77.6 Å². The molecule has 1 aliphatic rings. The predicted molar refractivity (Wildman–Crippen MR) is 139 cm³/mol. The van der Waals surface area contributed by atoms with Crippen LogP contribution in [0.15, 0.2) is 60.7 Å². The number of nitrogens with zero attached hydrogens (tertiary/aromatic N) is 1. The summed E-state index contributed by atoms with van der Waals surface area (Å²) in [6.45, 7) is 5.24. The molecule has 3 aromatic rings. The van der Waals surface area contributed by atoms with Gasteiger partial charge >= 0.3 is 0 Å². The molecule has 0 aromatic heterocycles. The van der Waals surface area contributed by atoms with Crippen LogP contribution in [0.5, 0.6) is 11.5 Å². The Morgan fingerprint density at radius 1 is 0.917 bits per heavy atom. The summed E-state index contributed by atoms with van der Waals surface area (Å²) in [5, 5.41) is 5.80. The average molecular weight is 492 g/mol. The average Bonchev–Trinajstić information content (AvgIpc) is 2.87. The van der Waals surface area contributed by atoms with Gasteiger partial charge in [-0.05, 0) is 62.6 Å². The van der Waals surface area contributed by atoms with Crippen LogP contribution in [0.2, 0.25) is 0 Å². The van der Waals surface area contributed by atoms with Crippen molar-refractivity contribution in [3.63, 3.8) is 0 Å². The first-order chi connectivity index (χ1) is 17.5. The summed E-state index contributed by atoms with van der Waals surface area (Å²) in [5.74, 6) is 0.0371. The van der Waals surface area contributed by atoms with E-state index in [9.17, 15) is 14.0 Å². The molecule has 0 atom stereocenters. The molecule has 0 saturated carbocycles. The quantitative estimate of drug-likeness (QED) is 0.427. The molecule has 7 nitrogen and oxygen atoms in total. The predicted octanol–water partition coefficient (Wildman–Crippen LogP) is 5.27. The molecule has 0 fully saturated rings. The Bertz CT molecular complexity index is 1230. The van der Waals surface area contributed by atoms with Gasteiger partial charge in [0.1, 0.15) is 17.3 Å². The molecule has 2 N–H and O–H groups in total. The van der Waals surface area contributed by atoms with E-state index in [2.05, 4.69) is 10.6 Å². The number of nitrogens with one attached hydrogen (secondary N) is 2. The van der Waals surface area contributed by atoms with Crippen LogP contribution in [-0.4, -0.2) is 38.1 Å². The molecule has 36 heavy (non-hydrogen) atoms. The van der Waals surface area contributed by atoms with Crippen LogP contribution < -0.4 is 25.0 Å². The van der Waals surface area contributed by atoms with Gasteiger partial charge in [-0.25, -0.2) is 4.39 Å². The molecule has 0 unspecified atom stereocenters. The van der Waals surface area contributed by atoms with E-state index in [0.29, 0.717) is 48.2 Å². The first-order valence-corrected chi connectivity index (χ1v) is 12.1. The zero-order chi connectivity index (χ0) is 25.5. The summed E-state index contributed by atoms with van der Waals surface area (Å²) in [6, 6.07) is 16.9. The van der Waals surface area contributed by atoms with Gasteiger partial charge in [0.15, 0.2) is 0 Å². The molecule has 0 radical (unpaired) electrons. The lowest BCUT2D eigenvalue weighted by Crippen LogP contribution is -2.36. The zero-order valence-electron chi connectivity index (χ0n) is 20.5. The van der Waals surface area contributed by atoms with E-state index in [1.807, 2.05) is 24.8 Å². The molecule has 188 valence electrons. The van der Waals surface area contributed by atoms with Crippen molar-refractivity contribution in [3.8, 4) is 11.5 Å². The number of hydrogen-bond acceptors (Lipinski definition) is 5. The Morgan fingerprint density at radius 3 is 2.25 bits per heavy atom. The third-order valence-corrected chi connectivity index (χ3v) is 5.83. The SMILES string of the molecule is CCOc1cc(NC(=O)c2ccccc2)c(OCC)cc1NC(=O)CN1CCCc2cc(F)ccc21. The fourth-order valence-electron chi connectivity index (χ4n) is 4.26. The Labute approximate surface area is 210 Å². The third-order valence-electron chi connectivity index (χ3n) is 5.83. The number of hydrogen-bond donors (Lipinski definition) is 2. The number of aryl methyl sites for hydroxylation is 1. The smallest absolute Gasteiger partial charge is 0.255 e. The second kappa shape index (κ2) is 11.6. The summed E-state index contributed by atoms with van der Waals surface area (Å²) >= 11 is 0. The van der Waals surface area contributed by atoms with Gasteiger partial charge in [0.05, 0.1) is 31.1 Å². The Morgan fingerprint density at radius 2 is 1.58 bits per heavy atom. The standard InChI is InChI=1S/C28H30FN3O4/c1-3-35-25-17-23(31-28(34)19-9-6-5-7-10-19)26(36-4-2)16-22(25)30-27(33)18-32-14-8-11-20-15-21(29)12-13-24(20)32/h5-7,9-10,12-13,15-17H,3-4,8,11,14,18H2,1-2H3,(H,30,33)(H,31,34). The van der Waals surface area contributed by atoms with Crippen molar-refractivity contribution in [2.75, 3.05) is 41.8 Å². The number of amides is 2. The van der Waals surface area contributed by atoms with Gasteiger partial charge in [0.2, 0.25) is 5.91 Å². The second-order valence-electron chi connectivity index (χ2n) is 8.38. The first-order valence-electron chi connectivity index (χ1n) is 12.1. The van der Waals surface area contributed by atoms with Gasteiger partial charge in [-0.15, -0.1) is 0 Å². The van der Waals surface area contributed by atoms with Crippen LogP contribution in [0.4, 0.5) is 21.5 Å². The largest absolute Gasteiger partial charge is 0.492 e. The van der Waals surface area contributed by atoms with Crippen molar-refractivity contribution in [2.45, 2.75) is 26.7 Å². The number of anilines is 3. The van der Waals surface area contributed by atoms with Crippen molar-refractivity contribution < 1.29 is 23.5 Å². The lowest BCUT2D eigenvalue weighted by atomic mass is 10.0. The van der Waals surface area contributed by atoms with Gasteiger partial charge in [-0.2, -0.15) is 0 Å². The summed E-state index contributed by atoms with van der Waals surface area (Å²) in [4.78, 5) is 27.7. The van der Waals surface area contributed by atoms with Crippen LogP contribution in [0, 0.1) is 5.82 Å². The van der Waals surface area contributed by atoms with Gasteiger partial charge in [-0.3, -0.25) is 9.59 Å². The highest BCUT2D eigenvalue weighted by Gasteiger charge is 2.21. The summed E-state index contributed by atoms with van der Waals surface area (Å²) < 4.78 is 25.2. The maximum Gasteiger partial charge on any atom is 0.255 e. The minimum Gasteiger partial charge on any atom is -0.492 e. The Balaban J connectivity index is 1.55. The summed E-state index contributed by atoms with van der Waals surface area (Å²) in [7, 11) is 0. The van der Waals surface area contributed by atoms with E-state index < -0.39 is 0 Å². The summed E-state index contributed by atoms with van der Waals surface area (Å²) in [6.07, 6.45) is 1.63. The van der Waals surface area contributed by atoms with Crippen LogP contribution in [0.25, 0.3) is 0 Å². The van der Waals surface area contributed by atoms with Gasteiger partial charge in [0.25, 0.3) is 5.91 Å². The van der Waals surface area contributed by atoms with Gasteiger partial charge in [-0.1, -0.05) is 18.2 Å². The van der Waals surface area contributed by atoms with Crippen molar-refractivity contribution in [2.24, 2.45) is 0 Å². The fraction of sp³-hybridized carbons (Fsp3) is 0.286. The van der Waals surface area contributed by atoms with Crippen LogP contribution >= 0.6 is 0 Å². The molecule has 4 rings (SSSR count). The Kier molecular flexibility index (Phi) is 8.05. The van der Waals surface area contributed by atoms with E-state index in [-0.39, 0.29) is 24.2 Å². The number of carbonyl (C=O) groups is 2. The van der Waals surface area contributed by atoms with E-state index >= 15 is 0 Å². The lowest BCUT2D eigenvalue weighted by molar-refractivity contribution is -0.115. The topological polar surface area (TPSA) is 79.9 Å². The number of carbonyl (C=O) groups excluding carboxylic acids is 2. The highest BCUT2D eigenvalue weighted by molar-refractivity contribution is 6.05. The minimum absolute atomic E-state index is 0.112. The number of fused-ring (bicyclic) bond motifs is 1. The number of rotatable bonds is 9. The third kappa shape index (κ3) is 5.94. The lowest BCUT2D eigenvalue weighted by Gasteiger charge is -2.30. The number of benzene rings is 3. The fourth-order valence-corrected chi connectivity index (χ4v) is 4.26. The van der Waals surface area contributed by atoms with E-state index in [0.717, 1.165) is 24.1 Å². The van der Waals surface area contributed by atoms with Crippen LogP contribution in [-0.2, 0) is 11.2 Å². The van der Waals surface area contributed by atoms with Crippen LogP contribution in [0.1, 0.15) is 36.2 Å². The molecule has 0 spiro atoms. The molecule has 1 aliphatic heterocycles. The van der Waals surface area contributed by atoms with E-state index in [4.69, 9.17) is 9.47 Å². The molecule has 0 bridgehead atoms.